The largest absolute Gasteiger partial charge is 0.396 e. The molecule has 0 fully saturated rings. The van der Waals surface area contributed by atoms with Crippen LogP contribution in [0.4, 0.5) is 10.9 Å². The molecule has 0 saturated carbocycles. The minimum atomic E-state index is -0.473. The van der Waals surface area contributed by atoms with Crippen LogP contribution in [0.15, 0.2) is 0 Å². The number of carbonyl (C=O) groups is 1. The van der Waals surface area contributed by atoms with Gasteiger partial charge in [-0.25, -0.2) is 4.98 Å². The van der Waals surface area contributed by atoms with Crippen molar-refractivity contribution in [3.05, 3.63) is 4.88 Å². The average Bonchev–Trinajstić information content (AvgIpc) is 2.67. The highest BCUT2D eigenvalue weighted by Crippen LogP contribution is 2.25. The molecule has 0 bridgehead atoms. The minimum Gasteiger partial charge on any atom is -0.396 e. The summed E-state index contributed by atoms with van der Waals surface area (Å²) in [5.74, 6) is -0.0149. The normalized spacial score (nSPS) is 11.4. The number of aromatic nitrogens is 1. The number of rotatable bonds is 7. The first kappa shape index (κ1) is 15.7. The molecular formula is C12H22N4O2S. The van der Waals surface area contributed by atoms with Gasteiger partial charge in [0.25, 0.3) is 5.91 Å². The van der Waals surface area contributed by atoms with Gasteiger partial charge in [0.05, 0.1) is 0 Å². The van der Waals surface area contributed by atoms with Crippen LogP contribution in [-0.4, -0.2) is 34.7 Å². The van der Waals surface area contributed by atoms with Crippen molar-refractivity contribution in [2.75, 3.05) is 24.2 Å². The van der Waals surface area contributed by atoms with Gasteiger partial charge < -0.3 is 21.5 Å². The molecule has 0 aromatic carbocycles. The zero-order valence-electron chi connectivity index (χ0n) is 11.6. The molecule has 5 N–H and O–H groups in total. The van der Waals surface area contributed by atoms with E-state index in [1.165, 1.54) is 11.3 Å². The van der Waals surface area contributed by atoms with Crippen molar-refractivity contribution in [1.29, 1.82) is 0 Å². The summed E-state index contributed by atoms with van der Waals surface area (Å²) in [5.41, 5.74) is 5.28. The molecule has 1 rings (SSSR count). The zero-order chi connectivity index (χ0) is 14.5. The van der Waals surface area contributed by atoms with Crippen LogP contribution >= 0.6 is 11.3 Å². The van der Waals surface area contributed by atoms with E-state index in [0.29, 0.717) is 16.4 Å². The van der Waals surface area contributed by atoms with Gasteiger partial charge in [0, 0.05) is 18.7 Å². The van der Waals surface area contributed by atoms with E-state index < -0.39 is 5.54 Å². The van der Waals surface area contributed by atoms with Crippen LogP contribution in [-0.2, 0) is 0 Å². The van der Waals surface area contributed by atoms with Gasteiger partial charge in [-0.2, -0.15) is 0 Å². The van der Waals surface area contributed by atoms with E-state index in [4.69, 9.17) is 10.8 Å². The molecular weight excluding hydrogens is 264 g/mol. The average molecular weight is 286 g/mol. The van der Waals surface area contributed by atoms with Gasteiger partial charge in [0.15, 0.2) is 5.13 Å². The van der Waals surface area contributed by atoms with Crippen molar-refractivity contribution in [2.45, 2.75) is 39.2 Å². The molecule has 1 aromatic heterocycles. The summed E-state index contributed by atoms with van der Waals surface area (Å²) in [6, 6.07) is 0. The monoisotopic (exact) mass is 286 g/mol. The lowest BCUT2D eigenvalue weighted by molar-refractivity contribution is 0.0904. The number of nitrogen functional groups attached to an aromatic ring is 1. The molecule has 108 valence electrons. The number of nitrogens with two attached hydrogens (primary N) is 1. The van der Waals surface area contributed by atoms with Crippen molar-refractivity contribution in [1.82, 2.24) is 10.3 Å². The maximum absolute atomic E-state index is 12.1. The maximum atomic E-state index is 12.1. The first-order chi connectivity index (χ1) is 8.89. The highest BCUT2D eigenvalue weighted by Gasteiger charge is 2.23. The number of nitrogens with one attached hydrogen (secondary N) is 2. The third-order valence-corrected chi connectivity index (χ3v) is 3.60. The van der Waals surface area contributed by atoms with Gasteiger partial charge in [-0.1, -0.05) is 18.3 Å². The molecule has 0 spiro atoms. The van der Waals surface area contributed by atoms with Gasteiger partial charge in [-0.3, -0.25) is 4.79 Å². The molecule has 1 amide bonds. The van der Waals surface area contributed by atoms with Crippen molar-refractivity contribution < 1.29 is 9.90 Å². The van der Waals surface area contributed by atoms with Crippen LogP contribution in [0, 0.1) is 0 Å². The number of hydrogen-bond donors (Lipinski definition) is 4. The fourth-order valence-electron chi connectivity index (χ4n) is 1.51. The molecule has 1 heterocycles. The fourth-order valence-corrected chi connectivity index (χ4v) is 2.31. The zero-order valence-corrected chi connectivity index (χ0v) is 12.4. The summed E-state index contributed by atoms with van der Waals surface area (Å²) in [6.07, 6.45) is 1.46. The number of aliphatic hydroxyl groups excluding tert-OH is 1. The Bertz CT molecular complexity index is 431. The summed E-state index contributed by atoms with van der Waals surface area (Å²) in [4.78, 5) is 16.6. The van der Waals surface area contributed by atoms with Crippen LogP contribution in [0.25, 0.3) is 0 Å². The van der Waals surface area contributed by atoms with Crippen LogP contribution < -0.4 is 16.4 Å². The second kappa shape index (κ2) is 6.72. The molecule has 1 aromatic rings. The van der Waals surface area contributed by atoms with Crippen molar-refractivity contribution in [3.63, 3.8) is 0 Å². The fraction of sp³-hybridized carbons (Fsp3) is 0.667. The topological polar surface area (TPSA) is 100 Å². The Kier molecular flexibility index (Phi) is 5.56. The molecule has 7 heteroatoms. The van der Waals surface area contributed by atoms with Gasteiger partial charge >= 0.3 is 0 Å². The Morgan fingerprint density at radius 2 is 2.21 bits per heavy atom. The Morgan fingerprint density at radius 3 is 2.79 bits per heavy atom. The van der Waals surface area contributed by atoms with Crippen molar-refractivity contribution in [2.24, 2.45) is 0 Å². The maximum Gasteiger partial charge on any atom is 0.265 e. The molecule has 6 nitrogen and oxygen atoms in total. The van der Waals surface area contributed by atoms with Gasteiger partial charge in [0.1, 0.15) is 10.7 Å². The summed E-state index contributed by atoms with van der Waals surface area (Å²) in [5, 5.41) is 15.6. The van der Waals surface area contributed by atoms with E-state index in [1.54, 1.807) is 0 Å². The van der Waals surface area contributed by atoms with Gasteiger partial charge in [0.2, 0.25) is 0 Å². The smallest absolute Gasteiger partial charge is 0.265 e. The van der Waals surface area contributed by atoms with E-state index in [9.17, 15) is 4.79 Å². The Labute approximate surface area is 117 Å². The molecule has 0 radical (unpaired) electrons. The van der Waals surface area contributed by atoms with E-state index in [1.807, 2.05) is 13.8 Å². The minimum absolute atomic E-state index is 0.0226. The van der Waals surface area contributed by atoms with Gasteiger partial charge in [-0.05, 0) is 26.7 Å². The standard InChI is InChI=1S/C12H22N4O2S/c1-4-6-14-11-15-9(13)8(19-11)10(18)16-12(2,3)5-7-17/h17H,4-7,13H2,1-3H3,(H,14,15)(H,16,18). The SMILES string of the molecule is CCCNc1nc(N)c(C(=O)NC(C)(C)CCO)s1. The third-order valence-electron chi connectivity index (χ3n) is 2.57. The predicted molar refractivity (Wildman–Crippen MR) is 78.6 cm³/mol. The van der Waals surface area contributed by atoms with Crippen LogP contribution in [0.2, 0.25) is 0 Å². The van der Waals surface area contributed by atoms with Crippen LogP contribution in [0.5, 0.6) is 0 Å². The van der Waals surface area contributed by atoms with E-state index in [-0.39, 0.29) is 18.3 Å². The lowest BCUT2D eigenvalue weighted by atomic mass is 10.0. The first-order valence-corrected chi connectivity index (χ1v) is 7.15. The van der Waals surface area contributed by atoms with E-state index in [2.05, 4.69) is 22.5 Å². The quantitative estimate of drug-likeness (QED) is 0.607. The lowest BCUT2D eigenvalue weighted by Crippen LogP contribution is -2.43. The predicted octanol–water partition coefficient (Wildman–Crippen LogP) is 1.44. The number of amides is 1. The third kappa shape index (κ3) is 4.68. The number of aliphatic hydroxyl groups is 1. The summed E-state index contributed by atoms with van der Waals surface area (Å²) >= 11 is 1.24. The number of anilines is 2. The van der Waals surface area contributed by atoms with Crippen LogP contribution in [0.1, 0.15) is 43.3 Å². The Morgan fingerprint density at radius 1 is 1.53 bits per heavy atom. The first-order valence-electron chi connectivity index (χ1n) is 6.33. The van der Waals surface area contributed by atoms with Crippen LogP contribution in [0.3, 0.4) is 0 Å². The number of carbonyl (C=O) groups excluding carboxylic acids is 1. The number of nitrogens with zero attached hydrogens (tertiary/aromatic N) is 1. The molecule has 0 aliphatic carbocycles. The molecule has 0 saturated heterocycles. The second-order valence-corrected chi connectivity index (χ2v) is 5.97. The van der Waals surface area contributed by atoms with Crippen molar-refractivity contribution >= 4 is 28.2 Å². The molecule has 0 aliphatic heterocycles. The Balaban J connectivity index is 2.74. The molecule has 0 unspecified atom stereocenters. The summed E-state index contributed by atoms with van der Waals surface area (Å²) < 4.78 is 0. The molecule has 0 aliphatic rings. The summed E-state index contributed by atoms with van der Waals surface area (Å²) in [7, 11) is 0. The highest BCUT2D eigenvalue weighted by molar-refractivity contribution is 7.18. The number of hydrogen-bond acceptors (Lipinski definition) is 6. The van der Waals surface area contributed by atoms with Crippen molar-refractivity contribution in [3.8, 4) is 0 Å². The second-order valence-electron chi connectivity index (χ2n) is 4.97. The highest BCUT2D eigenvalue weighted by atomic mass is 32.1. The number of thiazole rings is 1. The Hall–Kier alpha value is -1.34. The molecule has 0 atom stereocenters. The van der Waals surface area contributed by atoms with E-state index in [0.717, 1.165) is 13.0 Å². The van der Waals surface area contributed by atoms with E-state index >= 15 is 0 Å². The summed E-state index contributed by atoms with van der Waals surface area (Å²) in [6.45, 7) is 6.58. The van der Waals surface area contributed by atoms with Gasteiger partial charge in [-0.15, -0.1) is 0 Å². The lowest BCUT2D eigenvalue weighted by Gasteiger charge is -2.24. The molecule has 19 heavy (non-hydrogen) atoms.